The Labute approximate surface area is 759 Å². The smallest absolute Gasteiger partial charge is 0.163 e. The van der Waals surface area contributed by atoms with Gasteiger partial charge in [-0.05, 0) is 223 Å². The van der Waals surface area contributed by atoms with E-state index in [9.17, 15) is 0 Å². The molecule has 2 aliphatic rings. The maximum atomic E-state index is 5.34. The lowest BCUT2D eigenvalue weighted by Crippen LogP contribution is -2.15. The van der Waals surface area contributed by atoms with Crippen LogP contribution in [0, 0.1) is 0 Å². The van der Waals surface area contributed by atoms with Crippen LogP contribution >= 0.6 is 0 Å². The summed E-state index contributed by atoms with van der Waals surface area (Å²) in [5.74, 6) is 2.20. The van der Waals surface area contributed by atoms with Crippen molar-refractivity contribution in [2.24, 2.45) is 0 Å². The van der Waals surface area contributed by atoms with Crippen LogP contribution in [0.2, 0.25) is 0 Å². The maximum Gasteiger partial charge on any atom is 0.163 e. The second-order valence-electron chi connectivity index (χ2n) is 35.5. The zero-order valence-corrected chi connectivity index (χ0v) is 72.0. The summed E-state index contributed by atoms with van der Waals surface area (Å²) in [6, 6.07) is 151. The van der Waals surface area contributed by atoms with Crippen LogP contribution in [0.5, 0.6) is 0 Å². The standard InChI is InChI=1S/C66H45N5.C55H38N4.CH4/c1-66(2)58-39-49(65-68-41-67-64(69-65)46-27-25-45(26-28-46)44-23-21-43(22-24-44)42-13-5-3-6-14-42)29-33-52(58)53-34-32-51(40-59(53)66)71-61-20-12-10-18-55(61)57-38-48(31-36-63(57)71)47-30-35-62-56(37-47)54-17-9-11-19-60(54)70(62)50-15-7-4-8-16-50;1-55(2)46-21-9-6-20-43(46)54-47(55)33-39(34-56-54)35-14-12-15-38(30-35)48-22-13-25-53(57-48)59-50-24-11-8-19-42(50)45-32-37(27-29-52(45)59)36-26-28-51-44(31-36)41-18-7-10-23-49(41)58(51)40-16-4-3-5-17-40;/h3-41H,1-2H3;3-34H,1-2H3;1H4. The topological polar surface area (TPSA) is 84.2 Å². The van der Waals surface area contributed by atoms with Gasteiger partial charge >= 0.3 is 0 Å². The zero-order chi connectivity index (χ0) is 86.5. The first-order valence-corrected chi connectivity index (χ1v) is 44.6. The molecule has 0 unspecified atom stereocenters. The van der Waals surface area contributed by atoms with Crippen LogP contribution in [0.25, 0.3) is 222 Å². The number of nitrogens with zero attached hydrogens (tertiary/aromatic N) is 9. The minimum Gasteiger partial charge on any atom is -0.309 e. The Hall–Kier alpha value is -16.8. The predicted molar refractivity (Wildman–Crippen MR) is 545 cm³/mol. The molecule has 620 valence electrons. The highest BCUT2D eigenvalue weighted by Crippen LogP contribution is 2.53. The van der Waals surface area contributed by atoms with Gasteiger partial charge in [-0.3, -0.25) is 9.55 Å². The number of rotatable bonds is 12. The monoisotopic (exact) mass is 1680 g/mol. The summed E-state index contributed by atoms with van der Waals surface area (Å²) in [4.78, 5) is 24.7. The van der Waals surface area contributed by atoms with Gasteiger partial charge in [0.25, 0.3) is 0 Å². The first kappa shape index (κ1) is 77.8. The maximum absolute atomic E-state index is 5.34. The van der Waals surface area contributed by atoms with Gasteiger partial charge in [-0.15, -0.1) is 0 Å². The normalized spacial score (nSPS) is 12.8. The molecule has 0 aliphatic heterocycles. The Balaban J connectivity index is 0.000000146. The van der Waals surface area contributed by atoms with Crippen LogP contribution in [0.3, 0.4) is 0 Å². The number of hydrogen-bond acceptors (Lipinski definition) is 5. The number of hydrogen-bond donors (Lipinski definition) is 0. The molecule has 7 aromatic heterocycles. The number of aromatic nitrogens is 9. The molecule has 0 N–H and O–H groups in total. The van der Waals surface area contributed by atoms with Crippen molar-refractivity contribution in [1.82, 2.24) is 43.2 Å². The fraction of sp³-hybridized carbons (Fsp3) is 0.0574. The second-order valence-corrected chi connectivity index (χ2v) is 35.5. The van der Waals surface area contributed by atoms with Gasteiger partial charge in [-0.2, -0.15) is 0 Å². The number of benzene rings is 17. The number of fused-ring (bicyclic) bond motifs is 18. The van der Waals surface area contributed by atoms with E-state index in [1.54, 1.807) is 6.33 Å². The van der Waals surface area contributed by atoms with Gasteiger partial charge in [0.15, 0.2) is 11.6 Å². The molecule has 0 bridgehead atoms. The Morgan fingerprint density at radius 1 is 0.206 bits per heavy atom. The van der Waals surface area contributed by atoms with Gasteiger partial charge in [0, 0.05) is 105 Å². The molecule has 2 aliphatic carbocycles. The van der Waals surface area contributed by atoms with Gasteiger partial charge < -0.3 is 13.7 Å². The second kappa shape index (κ2) is 30.8. The number of pyridine rings is 2. The minimum atomic E-state index is -0.268. The molecule has 0 radical (unpaired) electrons. The fourth-order valence-electron chi connectivity index (χ4n) is 21.0. The van der Waals surface area contributed by atoms with E-state index in [-0.39, 0.29) is 18.3 Å². The summed E-state index contributed by atoms with van der Waals surface area (Å²) in [6.45, 7) is 9.28. The van der Waals surface area contributed by atoms with Crippen molar-refractivity contribution in [3.63, 3.8) is 0 Å². The van der Waals surface area contributed by atoms with Crippen molar-refractivity contribution in [1.29, 1.82) is 0 Å². The van der Waals surface area contributed by atoms with E-state index >= 15 is 0 Å². The molecule has 0 spiro atoms. The molecule has 17 aromatic carbocycles. The molecule has 9 nitrogen and oxygen atoms in total. The summed E-state index contributed by atoms with van der Waals surface area (Å²) >= 11 is 0. The molecule has 26 rings (SSSR count). The lowest BCUT2D eigenvalue weighted by Gasteiger charge is -2.23. The molecule has 0 fully saturated rings. The largest absolute Gasteiger partial charge is 0.309 e. The van der Waals surface area contributed by atoms with Crippen LogP contribution in [0.1, 0.15) is 57.4 Å². The Bertz CT molecular complexity index is 8710. The van der Waals surface area contributed by atoms with Crippen molar-refractivity contribution in [2.75, 3.05) is 0 Å². The van der Waals surface area contributed by atoms with Crippen molar-refractivity contribution < 1.29 is 0 Å². The lowest BCUT2D eigenvalue weighted by atomic mass is 9.82. The van der Waals surface area contributed by atoms with Gasteiger partial charge in [0.05, 0.1) is 55.5 Å². The third-order valence-electron chi connectivity index (χ3n) is 27.5. The quantitative estimate of drug-likeness (QED) is 0.122. The van der Waals surface area contributed by atoms with Crippen LogP contribution < -0.4 is 0 Å². The van der Waals surface area contributed by atoms with Gasteiger partial charge in [-0.1, -0.05) is 314 Å². The van der Waals surface area contributed by atoms with Gasteiger partial charge in [0.1, 0.15) is 12.1 Å². The first-order chi connectivity index (χ1) is 63.9. The summed E-state index contributed by atoms with van der Waals surface area (Å²) < 4.78 is 9.49. The Morgan fingerprint density at radius 2 is 0.573 bits per heavy atom. The summed E-state index contributed by atoms with van der Waals surface area (Å²) in [5.41, 5.74) is 38.3. The Kier molecular flexibility index (Phi) is 18.3. The molecular formula is C122H87N9. The zero-order valence-electron chi connectivity index (χ0n) is 72.0. The van der Waals surface area contributed by atoms with E-state index in [4.69, 9.17) is 19.9 Å². The third-order valence-corrected chi connectivity index (χ3v) is 27.5. The molecule has 24 aromatic rings. The van der Waals surface area contributed by atoms with Crippen molar-refractivity contribution in [2.45, 2.75) is 46.0 Å². The lowest BCUT2D eigenvalue weighted by molar-refractivity contribution is 0.659. The SMILES string of the molecule is C.CC1(C)c2cc(-c3ncnc(-c4ccc(-c5ccc(-c6ccccc6)cc5)cc4)n3)ccc2-c2ccc(-n3c4ccccc4c4cc(-c5ccc6c(c5)c5ccccc5n6-c5ccccc5)ccc43)cc21.CC1(C)c2ccccc2-c2ncc(-c3cccc(-c4cccc(-n5c6ccccc6c6cc(-c7ccc8c(c7)c7ccccc7n8-c7ccccc7)ccc65)n4)c3)cc21. The van der Waals surface area contributed by atoms with Crippen LogP contribution in [0.15, 0.2) is 431 Å². The predicted octanol–water partition coefficient (Wildman–Crippen LogP) is 31.3. The molecular weight excluding hydrogens is 1590 g/mol. The van der Waals surface area contributed by atoms with E-state index in [2.05, 4.69) is 463 Å². The van der Waals surface area contributed by atoms with E-state index in [1.165, 1.54) is 160 Å². The van der Waals surface area contributed by atoms with E-state index in [1.807, 2.05) is 12.3 Å². The van der Waals surface area contributed by atoms with Crippen molar-refractivity contribution in [3.8, 4) is 135 Å². The molecule has 0 atom stereocenters. The summed E-state index contributed by atoms with van der Waals surface area (Å²) in [7, 11) is 0. The fourth-order valence-corrected chi connectivity index (χ4v) is 21.0. The first-order valence-electron chi connectivity index (χ1n) is 44.6. The highest BCUT2D eigenvalue weighted by atomic mass is 15.1. The molecule has 131 heavy (non-hydrogen) atoms. The summed E-state index contributed by atoms with van der Waals surface area (Å²) in [5, 5.41) is 9.88. The van der Waals surface area contributed by atoms with Crippen LogP contribution in [0.4, 0.5) is 0 Å². The third kappa shape index (κ3) is 12.8. The van der Waals surface area contributed by atoms with Gasteiger partial charge in [-0.25, -0.2) is 19.9 Å². The Morgan fingerprint density at radius 3 is 1.11 bits per heavy atom. The molecule has 9 heteroatoms. The van der Waals surface area contributed by atoms with E-state index < -0.39 is 0 Å². The number of para-hydroxylation sites is 6. The molecule has 0 saturated heterocycles. The molecule has 7 heterocycles. The minimum absolute atomic E-state index is 0. The highest BCUT2D eigenvalue weighted by Gasteiger charge is 2.38. The van der Waals surface area contributed by atoms with Crippen molar-refractivity contribution >= 4 is 87.2 Å². The molecule has 0 saturated carbocycles. The average molecular weight is 1680 g/mol. The van der Waals surface area contributed by atoms with Crippen LogP contribution in [-0.4, -0.2) is 43.2 Å². The van der Waals surface area contributed by atoms with Gasteiger partial charge in [0.2, 0.25) is 0 Å². The van der Waals surface area contributed by atoms with Crippen molar-refractivity contribution in [3.05, 3.63) is 453 Å². The molecule has 0 amide bonds. The summed E-state index contributed by atoms with van der Waals surface area (Å²) in [6.07, 6.45) is 3.65. The highest BCUT2D eigenvalue weighted by molar-refractivity contribution is 6.15. The van der Waals surface area contributed by atoms with E-state index in [0.29, 0.717) is 11.6 Å². The van der Waals surface area contributed by atoms with Crippen LogP contribution in [-0.2, 0) is 10.8 Å². The average Bonchev–Trinajstić information content (AvgIpc) is 1.56. The van der Waals surface area contributed by atoms with E-state index in [0.717, 1.165) is 73.0 Å².